The summed E-state index contributed by atoms with van der Waals surface area (Å²) < 4.78 is 2.24. The first-order valence-corrected chi connectivity index (χ1v) is 6.25. The van der Waals surface area contributed by atoms with Crippen molar-refractivity contribution in [3.63, 3.8) is 0 Å². The summed E-state index contributed by atoms with van der Waals surface area (Å²) >= 11 is 0. The van der Waals surface area contributed by atoms with Gasteiger partial charge in [0, 0.05) is 37.0 Å². The molecule has 1 aromatic rings. The summed E-state index contributed by atoms with van der Waals surface area (Å²) in [6.07, 6.45) is 3.75. The first kappa shape index (κ1) is 12.4. The molecule has 0 N–H and O–H groups in total. The van der Waals surface area contributed by atoms with Gasteiger partial charge in [0.2, 0.25) is 0 Å². The van der Waals surface area contributed by atoms with Crippen molar-refractivity contribution in [2.24, 2.45) is 5.41 Å². The fourth-order valence-electron chi connectivity index (χ4n) is 2.52. The second-order valence-corrected chi connectivity index (χ2v) is 6.11. The molecule has 2 rings (SSSR count). The van der Waals surface area contributed by atoms with Crippen molar-refractivity contribution in [3.05, 3.63) is 23.5 Å². The van der Waals surface area contributed by atoms with E-state index in [2.05, 4.69) is 43.6 Å². The average molecular weight is 234 g/mol. The Morgan fingerprint density at radius 2 is 2.06 bits per heavy atom. The molecule has 0 aromatic carbocycles. The third kappa shape index (κ3) is 2.60. The van der Waals surface area contributed by atoms with Crippen LogP contribution in [0, 0.1) is 5.41 Å². The third-order valence-electron chi connectivity index (χ3n) is 3.45. The van der Waals surface area contributed by atoms with E-state index in [1.165, 1.54) is 5.69 Å². The molecular weight excluding hydrogens is 212 g/mol. The number of hydrogen-bond donors (Lipinski definition) is 0. The lowest BCUT2D eigenvalue weighted by molar-refractivity contribution is 0.0910. The van der Waals surface area contributed by atoms with Crippen molar-refractivity contribution in [1.82, 2.24) is 9.47 Å². The number of fused-ring (bicyclic) bond motifs is 1. The van der Waals surface area contributed by atoms with Crippen LogP contribution in [-0.4, -0.2) is 35.9 Å². The number of carbonyl (C=O) groups is 1. The monoisotopic (exact) mass is 234 g/mol. The predicted molar refractivity (Wildman–Crippen MR) is 69.4 cm³/mol. The minimum Gasteiger partial charge on any atom is -0.349 e. The van der Waals surface area contributed by atoms with Crippen LogP contribution in [0.4, 0.5) is 0 Å². The molecule has 0 saturated heterocycles. The Balaban J connectivity index is 2.25. The molecule has 0 atom stereocenters. The molecule has 94 valence electrons. The van der Waals surface area contributed by atoms with Crippen molar-refractivity contribution in [2.45, 2.75) is 33.2 Å². The van der Waals surface area contributed by atoms with Crippen molar-refractivity contribution >= 4 is 5.78 Å². The average Bonchev–Trinajstić information content (AvgIpc) is 2.56. The highest BCUT2D eigenvalue weighted by molar-refractivity contribution is 5.98. The SMILES string of the molecule is CN(C)CCn1ccc2c1CC(C)(C)CC2=O. The number of nitrogens with zero attached hydrogens (tertiary/aromatic N) is 2. The van der Waals surface area contributed by atoms with E-state index in [0.29, 0.717) is 12.2 Å². The fourth-order valence-corrected chi connectivity index (χ4v) is 2.52. The number of carbonyl (C=O) groups excluding carboxylic acids is 1. The Bertz CT molecular complexity index is 429. The zero-order chi connectivity index (χ0) is 12.6. The van der Waals surface area contributed by atoms with E-state index in [-0.39, 0.29) is 5.41 Å². The van der Waals surface area contributed by atoms with Crippen LogP contribution < -0.4 is 0 Å². The van der Waals surface area contributed by atoms with Gasteiger partial charge in [-0.3, -0.25) is 4.79 Å². The molecule has 0 aliphatic heterocycles. The van der Waals surface area contributed by atoms with Crippen LogP contribution >= 0.6 is 0 Å². The molecule has 1 aromatic heterocycles. The smallest absolute Gasteiger partial charge is 0.165 e. The zero-order valence-electron chi connectivity index (χ0n) is 11.3. The quantitative estimate of drug-likeness (QED) is 0.801. The van der Waals surface area contributed by atoms with Crippen LogP contribution in [0.1, 0.15) is 36.3 Å². The first-order valence-electron chi connectivity index (χ1n) is 6.25. The molecule has 0 unspecified atom stereocenters. The van der Waals surface area contributed by atoms with Gasteiger partial charge >= 0.3 is 0 Å². The summed E-state index contributed by atoms with van der Waals surface area (Å²) in [5.74, 6) is 0.305. The molecule has 0 amide bonds. The normalized spacial score (nSPS) is 18.5. The number of rotatable bonds is 3. The molecule has 3 heteroatoms. The van der Waals surface area contributed by atoms with Gasteiger partial charge in [0.1, 0.15) is 0 Å². The van der Waals surface area contributed by atoms with Gasteiger partial charge < -0.3 is 9.47 Å². The maximum absolute atomic E-state index is 12.0. The Morgan fingerprint density at radius 1 is 1.35 bits per heavy atom. The highest BCUT2D eigenvalue weighted by Crippen LogP contribution is 2.35. The summed E-state index contributed by atoms with van der Waals surface area (Å²) in [6.45, 7) is 6.33. The third-order valence-corrected chi connectivity index (χ3v) is 3.45. The first-order chi connectivity index (χ1) is 7.89. The van der Waals surface area contributed by atoms with E-state index in [4.69, 9.17) is 0 Å². The number of aromatic nitrogens is 1. The Morgan fingerprint density at radius 3 is 2.71 bits per heavy atom. The van der Waals surface area contributed by atoms with Gasteiger partial charge in [0.25, 0.3) is 0 Å². The van der Waals surface area contributed by atoms with E-state index in [1.807, 2.05) is 6.07 Å². The van der Waals surface area contributed by atoms with Gasteiger partial charge in [-0.25, -0.2) is 0 Å². The van der Waals surface area contributed by atoms with E-state index >= 15 is 0 Å². The maximum atomic E-state index is 12.0. The molecular formula is C14H22N2O. The maximum Gasteiger partial charge on any atom is 0.165 e. The van der Waals surface area contributed by atoms with Crippen LogP contribution in [0.2, 0.25) is 0 Å². The fraction of sp³-hybridized carbons (Fsp3) is 0.643. The number of Topliss-reactive ketones (excluding diaryl/α,β-unsaturated/α-hetero) is 1. The van der Waals surface area contributed by atoms with E-state index in [1.54, 1.807) is 0 Å². The largest absolute Gasteiger partial charge is 0.349 e. The van der Waals surface area contributed by atoms with Crippen molar-refractivity contribution in [2.75, 3.05) is 20.6 Å². The molecule has 0 bridgehead atoms. The molecule has 3 nitrogen and oxygen atoms in total. The topological polar surface area (TPSA) is 25.2 Å². The molecule has 1 aliphatic carbocycles. The highest BCUT2D eigenvalue weighted by Gasteiger charge is 2.32. The second-order valence-electron chi connectivity index (χ2n) is 6.11. The van der Waals surface area contributed by atoms with E-state index < -0.39 is 0 Å². The van der Waals surface area contributed by atoms with Crippen LogP contribution in [0.25, 0.3) is 0 Å². The van der Waals surface area contributed by atoms with Crippen molar-refractivity contribution in [1.29, 1.82) is 0 Å². The summed E-state index contributed by atoms with van der Waals surface area (Å²) in [5, 5.41) is 0. The second kappa shape index (κ2) is 4.30. The number of likely N-dealkylation sites (N-methyl/N-ethyl adjacent to an activating group) is 1. The lowest BCUT2D eigenvalue weighted by Gasteiger charge is -2.30. The van der Waals surface area contributed by atoms with E-state index in [9.17, 15) is 4.79 Å². The lowest BCUT2D eigenvalue weighted by atomic mass is 9.76. The molecule has 1 aliphatic rings. The Hall–Kier alpha value is -1.09. The van der Waals surface area contributed by atoms with Gasteiger partial charge in [-0.15, -0.1) is 0 Å². The van der Waals surface area contributed by atoms with Crippen LogP contribution in [0.5, 0.6) is 0 Å². The summed E-state index contributed by atoms with van der Waals surface area (Å²) in [6, 6.07) is 1.99. The lowest BCUT2D eigenvalue weighted by Crippen LogP contribution is -2.29. The number of ketones is 1. The summed E-state index contributed by atoms with van der Waals surface area (Å²) in [7, 11) is 4.15. The Kier molecular flexibility index (Phi) is 3.13. The molecule has 0 saturated carbocycles. The minimum atomic E-state index is 0.109. The van der Waals surface area contributed by atoms with Crippen LogP contribution in [0.15, 0.2) is 12.3 Å². The van der Waals surface area contributed by atoms with Gasteiger partial charge in [-0.2, -0.15) is 0 Å². The Labute approximate surface area is 103 Å². The molecule has 1 heterocycles. The highest BCUT2D eigenvalue weighted by atomic mass is 16.1. The van der Waals surface area contributed by atoms with Crippen LogP contribution in [0.3, 0.4) is 0 Å². The van der Waals surface area contributed by atoms with Crippen molar-refractivity contribution in [3.8, 4) is 0 Å². The summed E-state index contributed by atoms with van der Waals surface area (Å²) in [4.78, 5) is 14.2. The molecule has 0 radical (unpaired) electrons. The number of hydrogen-bond acceptors (Lipinski definition) is 2. The van der Waals surface area contributed by atoms with Gasteiger partial charge in [-0.1, -0.05) is 13.8 Å². The van der Waals surface area contributed by atoms with Crippen LogP contribution in [-0.2, 0) is 13.0 Å². The predicted octanol–water partition coefficient (Wildman–Crippen LogP) is 2.20. The standard InChI is InChI=1S/C14H22N2O/c1-14(2)9-12-11(13(17)10-14)5-6-16(12)8-7-15(3)4/h5-6H,7-10H2,1-4H3. The van der Waals surface area contributed by atoms with Gasteiger partial charge in [0.05, 0.1) is 0 Å². The molecule has 17 heavy (non-hydrogen) atoms. The van der Waals surface area contributed by atoms with Gasteiger partial charge in [-0.05, 0) is 32.0 Å². The van der Waals surface area contributed by atoms with Crippen molar-refractivity contribution < 1.29 is 4.79 Å². The van der Waals surface area contributed by atoms with E-state index in [0.717, 1.165) is 25.1 Å². The molecule has 0 fully saturated rings. The summed E-state index contributed by atoms with van der Waals surface area (Å²) in [5.41, 5.74) is 2.29. The minimum absolute atomic E-state index is 0.109. The molecule has 0 spiro atoms. The van der Waals surface area contributed by atoms with Gasteiger partial charge in [0.15, 0.2) is 5.78 Å². The zero-order valence-corrected chi connectivity index (χ0v) is 11.3.